The largest absolute Gasteiger partial charge is 0.458 e. The summed E-state index contributed by atoms with van der Waals surface area (Å²) in [6, 6.07) is 12.9. The second-order valence-corrected chi connectivity index (χ2v) is 12.9. The van der Waals surface area contributed by atoms with Crippen LogP contribution in [0.15, 0.2) is 48.5 Å². The van der Waals surface area contributed by atoms with E-state index in [1.165, 1.54) is 0 Å². The first-order chi connectivity index (χ1) is 20.5. The van der Waals surface area contributed by atoms with Crippen LogP contribution in [0.5, 0.6) is 0 Å². The summed E-state index contributed by atoms with van der Waals surface area (Å²) < 4.78 is 11.0. The molecule has 238 valence electrons. The summed E-state index contributed by atoms with van der Waals surface area (Å²) in [4.78, 5) is 55.3. The van der Waals surface area contributed by atoms with Crippen molar-refractivity contribution in [2.45, 2.75) is 91.1 Å². The van der Waals surface area contributed by atoms with E-state index in [0.29, 0.717) is 16.7 Å². The van der Waals surface area contributed by atoms with E-state index in [4.69, 9.17) is 9.47 Å². The number of benzene rings is 2. The van der Waals surface area contributed by atoms with Crippen LogP contribution in [-0.2, 0) is 30.3 Å². The molecule has 0 aliphatic rings. The number of nitrogens with one attached hydrogen (secondary N) is 2. The summed E-state index contributed by atoms with van der Waals surface area (Å²) >= 11 is 4.27. The molecule has 0 heterocycles. The van der Waals surface area contributed by atoms with Gasteiger partial charge < -0.3 is 25.0 Å². The quantitative estimate of drug-likeness (QED) is 0.189. The minimum atomic E-state index is -1.33. The predicted molar refractivity (Wildman–Crippen MR) is 171 cm³/mol. The van der Waals surface area contributed by atoms with Crippen molar-refractivity contribution in [1.82, 2.24) is 15.5 Å². The number of esters is 1. The van der Waals surface area contributed by atoms with E-state index in [1.807, 2.05) is 42.5 Å². The molecule has 3 amide bonds. The van der Waals surface area contributed by atoms with Crippen molar-refractivity contribution in [3.63, 3.8) is 0 Å². The highest BCUT2D eigenvalue weighted by Gasteiger charge is 2.39. The molecule has 0 aromatic heterocycles. The lowest BCUT2D eigenvalue weighted by molar-refractivity contribution is -0.159. The minimum Gasteiger partial charge on any atom is -0.458 e. The van der Waals surface area contributed by atoms with Crippen LogP contribution in [-0.4, -0.2) is 64.4 Å². The lowest BCUT2D eigenvalue weighted by Crippen LogP contribution is -2.55. The fourth-order valence-electron chi connectivity index (χ4n) is 4.56. The summed E-state index contributed by atoms with van der Waals surface area (Å²) in [5.74, 6) is -2.18. The topological polar surface area (TPSA) is 138 Å². The highest BCUT2D eigenvalue weighted by atomic mass is 32.1. The normalized spacial score (nSPS) is 13.5. The Kier molecular flexibility index (Phi) is 12.8. The molecule has 0 aliphatic carbocycles. The molecule has 2 aromatic carbocycles. The average Bonchev–Trinajstić information content (AvgIpc) is 2.90. The number of alkyl carbamates (subject to hydrolysis) is 1. The fraction of sp³-hybridized carbons (Fsp3) is 0.485. The second kappa shape index (κ2) is 15.6. The van der Waals surface area contributed by atoms with Gasteiger partial charge in [0.25, 0.3) is 0 Å². The number of hydrogen-bond donors (Lipinski definition) is 3. The minimum absolute atomic E-state index is 0.129. The van der Waals surface area contributed by atoms with Crippen molar-refractivity contribution in [3.05, 3.63) is 70.8 Å². The molecular weight excluding hydrogens is 580 g/mol. The van der Waals surface area contributed by atoms with Gasteiger partial charge in [-0.1, -0.05) is 48.5 Å². The zero-order valence-corrected chi connectivity index (χ0v) is 27.7. The van der Waals surface area contributed by atoms with Crippen LogP contribution in [0.3, 0.4) is 0 Å². The molecule has 44 heavy (non-hydrogen) atoms. The van der Waals surface area contributed by atoms with E-state index >= 15 is 0 Å². The molecule has 11 heteroatoms. The summed E-state index contributed by atoms with van der Waals surface area (Å²) in [6.45, 7) is 13.3. The number of rotatable bonds is 11. The van der Waals surface area contributed by atoms with Gasteiger partial charge in [0.05, 0.1) is 6.07 Å². The number of hydrogen-bond acceptors (Lipinski definition) is 8. The first-order valence-electron chi connectivity index (χ1n) is 14.4. The van der Waals surface area contributed by atoms with Gasteiger partial charge in [-0.2, -0.15) is 17.9 Å². The number of nitriles is 1. The van der Waals surface area contributed by atoms with Gasteiger partial charge in [-0.15, -0.1) is 0 Å². The van der Waals surface area contributed by atoms with Gasteiger partial charge in [0, 0.05) is 12.2 Å². The molecule has 0 saturated carbocycles. The molecule has 3 unspecified atom stereocenters. The number of nitrogens with zero attached hydrogens (tertiary/aromatic N) is 2. The molecule has 2 aromatic rings. The Hall–Kier alpha value is -4.04. The van der Waals surface area contributed by atoms with Crippen molar-refractivity contribution >= 4 is 36.5 Å². The molecule has 0 aliphatic heterocycles. The number of thiol groups is 1. The monoisotopic (exact) mass is 624 g/mol. The van der Waals surface area contributed by atoms with Crippen LogP contribution in [0.25, 0.3) is 0 Å². The smallest absolute Gasteiger partial charge is 0.408 e. The molecular formula is C33H44N4O6S. The lowest BCUT2D eigenvalue weighted by atomic mass is 9.93. The van der Waals surface area contributed by atoms with Crippen LogP contribution in [0.2, 0.25) is 0 Å². The van der Waals surface area contributed by atoms with Crippen LogP contribution in [0.4, 0.5) is 4.79 Å². The summed E-state index contributed by atoms with van der Waals surface area (Å²) in [7, 11) is 0. The molecule has 2 N–H and O–H groups in total. The molecule has 2 rings (SSSR count). The first kappa shape index (κ1) is 36.2. The van der Waals surface area contributed by atoms with E-state index in [1.54, 1.807) is 67.5 Å². The maximum atomic E-state index is 14.3. The van der Waals surface area contributed by atoms with Crippen molar-refractivity contribution < 1.29 is 28.7 Å². The molecule has 0 saturated heterocycles. The van der Waals surface area contributed by atoms with Gasteiger partial charge in [-0.3, -0.25) is 9.59 Å². The molecule has 0 fully saturated rings. The zero-order chi connectivity index (χ0) is 33.2. The first-order valence-corrected chi connectivity index (χ1v) is 15.0. The maximum absolute atomic E-state index is 14.3. The molecule has 10 nitrogen and oxygen atoms in total. The fourth-order valence-corrected chi connectivity index (χ4v) is 4.81. The second-order valence-electron chi connectivity index (χ2n) is 12.5. The van der Waals surface area contributed by atoms with Gasteiger partial charge in [0.2, 0.25) is 11.8 Å². The van der Waals surface area contributed by atoms with Crippen LogP contribution in [0.1, 0.15) is 69.8 Å². The molecule has 3 atom stereocenters. The van der Waals surface area contributed by atoms with E-state index in [-0.39, 0.29) is 12.2 Å². The third-order valence-corrected chi connectivity index (χ3v) is 6.73. The van der Waals surface area contributed by atoms with Crippen LogP contribution < -0.4 is 10.6 Å². The highest BCUT2D eigenvalue weighted by molar-refractivity contribution is 7.80. The molecule has 0 radical (unpaired) electrons. The summed E-state index contributed by atoms with van der Waals surface area (Å²) in [5.41, 5.74) is 1.02. The van der Waals surface area contributed by atoms with Crippen molar-refractivity contribution in [1.29, 1.82) is 5.26 Å². The van der Waals surface area contributed by atoms with E-state index < -0.39 is 59.7 Å². The Balaban J connectivity index is 2.60. The third-order valence-electron chi connectivity index (χ3n) is 6.36. The Morgan fingerprint density at radius 3 is 1.93 bits per heavy atom. The summed E-state index contributed by atoms with van der Waals surface area (Å²) in [6.07, 6.45) is -0.713. The Labute approximate surface area is 265 Å². The van der Waals surface area contributed by atoms with Gasteiger partial charge >= 0.3 is 12.1 Å². The van der Waals surface area contributed by atoms with Gasteiger partial charge in [-0.25, -0.2) is 9.59 Å². The van der Waals surface area contributed by atoms with Crippen LogP contribution >= 0.6 is 12.6 Å². The van der Waals surface area contributed by atoms with Gasteiger partial charge in [0.15, 0.2) is 0 Å². The zero-order valence-electron chi connectivity index (χ0n) is 26.8. The number of aryl methyl sites for hydroxylation is 2. The average molecular weight is 625 g/mol. The maximum Gasteiger partial charge on any atom is 0.408 e. The third kappa shape index (κ3) is 10.9. The van der Waals surface area contributed by atoms with E-state index in [0.717, 1.165) is 10.5 Å². The number of carbonyl (C=O) groups is 4. The molecule has 0 spiro atoms. The highest BCUT2D eigenvalue weighted by Crippen LogP contribution is 2.29. The standard InChI is InChI=1S/C33H44N4O6S/c1-21-13-12-14-22(2)26(21)27(37(18-17-34)29(39)25(20-44)36-31(41)43-33(6,7)8)28(38)35-24(30(40)42-32(3,4)5)19-23-15-10-9-11-16-23/h9-16,24-25,27,44H,18-20H2,1-8H3,(H,35,38)(H,36,41). The van der Waals surface area contributed by atoms with Crippen molar-refractivity contribution in [2.24, 2.45) is 0 Å². The predicted octanol–water partition coefficient (Wildman–Crippen LogP) is 4.59. The number of ether oxygens (including phenoxy) is 2. The lowest BCUT2D eigenvalue weighted by Gasteiger charge is -2.35. The van der Waals surface area contributed by atoms with E-state index in [9.17, 15) is 24.4 Å². The van der Waals surface area contributed by atoms with Crippen molar-refractivity contribution in [3.8, 4) is 6.07 Å². The van der Waals surface area contributed by atoms with E-state index in [2.05, 4.69) is 23.3 Å². The Morgan fingerprint density at radius 2 is 1.43 bits per heavy atom. The number of carbonyl (C=O) groups excluding carboxylic acids is 4. The van der Waals surface area contributed by atoms with Crippen LogP contribution in [0, 0.1) is 25.2 Å². The SMILES string of the molecule is Cc1cccc(C)c1C(C(=O)NC(Cc1ccccc1)C(=O)OC(C)(C)C)N(CC#N)C(=O)C(CS)NC(=O)OC(C)(C)C. The van der Waals surface area contributed by atoms with Crippen molar-refractivity contribution in [2.75, 3.05) is 12.3 Å². The van der Waals surface area contributed by atoms with Gasteiger partial charge in [-0.05, 0) is 77.6 Å². The Bertz CT molecular complexity index is 1340. The van der Waals surface area contributed by atoms with Gasteiger partial charge in [0.1, 0.15) is 35.9 Å². The Morgan fingerprint density at radius 1 is 0.864 bits per heavy atom. The summed E-state index contributed by atoms with van der Waals surface area (Å²) in [5, 5.41) is 15.1. The molecule has 0 bridgehead atoms. The number of amides is 3.